The first-order chi connectivity index (χ1) is 10.4. The molecule has 0 aliphatic rings. The molecule has 0 fully saturated rings. The summed E-state index contributed by atoms with van der Waals surface area (Å²) in [6, 6.07) is 6.42. The number of carbonyl (C=O) groups is 2. The topological polar surface area (TPSA) is 120 Å². The Balaban J connectivity index is 2.26. The molecule has 7 nitrogen and oxygen atoms in total. The average Bonchev–Trinajstić information content (AvgIpc) is 2.89. The smallest absolute Gasteiger partial charge is 0.354 e. The van der Waals surface area contributed by atoms with Gasteiger partial charge in [-0.1, -0.05) is 12.1 Å². The summed E-state index contributed by atoms with van der Waals surface area (Å²) in [5, 5.41) is 29.0. The molecule has 0 aliphatic heterocycles. The summed E-state index contributed by atoms with van der Waals surface area (Å²) in [6.45, 7) is 1.97. The van der Waals surface area contributed by atoms with Crippen LogP contribution in [0, 0.1) is 0 Å². The van der Waals surface area contributed by atoms with Gasteiger partial charge in [-0.25, -0.2) is 4.79 Å². The number of aliphatic hydroxyl groups excluding tert-OH is 2. The number of carboxylic acids is 1. The molecule has 2 aromatic rings. The van der Waals surface area contributed by atoms with Crippen molar-refractivity contribution in [3.05, 3.63) is 35.5 Å². The van der Waals surface area contributed by atoms with Crippen LogP contribution in [0.3, 0.4) is 0 Å². The van der Waals surface area contributed by atoms with Crippen LogP contribution in [0.4, 0.5) is 0 Å². The van der Waals surface area contributed by atoms with Crippen molar-refractivity contribution < 1.29 is 29.6 Å². The number of aromatic nitrogens is 1. The van der Waals surface area contributed by atoms with Crippen LogP contribution in [0.5, 0.6) is 0 Å². The Morgan fingerprint density at radius 1 is 1.27 bits per heavy atom. The van der Waals surface area contributed by atoms with E-state index in [1.165, 1.54) is 0 Å². The van der Waals surface area contributed by atoms with Gasteiger partial charge in [0.2, 0.25) is 0 Å². The van der Waals surface area contributed by atoms with Crippen LogP contribution in [0.25, 0.3) is 10.9 Å². The summed E-state index contributed by atoms with van der Waals surface area (Å²) in [5.41, 5.74) is 1.23. The van der Waals surface area contributed by atoms with Crippen molar-refractivity contribution in [2.45, 2.75) is 25.6 Å². The van der Waals surface area contributed by atoms with Gasteiger partial charge in [-0.05, 0) is 24.6 Å². The van der Waals surface area contributed by atoms with Crippen LogP contribution >= 0.6 is 0 Å². The highest BCUT2D eigenvalue weighted by atomic mass is 16.5. The Morgan fingerprint density at radius 3 is 2.64 bits per heavy atom. The van der Waals surface area contributed by atoms with Gasteiger partial charge in [-0.2, -0.15) is 0 Å². The van der Waals surface area contributed by atoms with Gasteiger partial charge in [0.1, 0.15) is 11.8 Å². The third-order valence-corrected chi connectivity index (χ3v) is 3.23. The number of aromatic amines is 1. The van der Waals surface area contributed by atoms with Gasteiger partial charge in [0.05, 0.1) is 19.1 Å². The number of aliphatic hydroxyl groups is 2. The zero-order valence-electron chi connectivity index (χ0n) is 11.9. The minimum Gasteiger partial charge on any atom is -0.481 e. The molecule has 22 heavy (non-hydrogen) atoms. The number of fused-ring (bicyclic) bond motifs is 1. The molecule has 4 N–H and O–H groups in total. The molecule has 0 spiro atoms. The number of nitrogens with one attached hydrogen (secondary N) is 1. The zero-order chi connectivity index (χ0) is 16.3. The Labute approximate surface area is 126 Å². The molecule has 0 amide bonds. The monoisotopic (exact) mass is 307 g/mol. The van der Waals surface area contributed by atoms with Crippen LogP contribution in [0.2, 0.25) is 0 Å². The molecule has 2 unspecified atom stereocenters. The van der Waals surface area contributed by atoms with Gasteiger partial charge >= 0.3 is 11.9 Å². The van der Waals surface area contributed by atoms with Crippen LogP contribution in [0.15, 0.2) is 24.3 Å². The van der Waals surface area contributed by atoms with Crippen molar-refractivity contribution in [1.82, 2.24) is 4.98 Å². The van der Waals surface area contributed by atoms with E-state index >= 15 is 0 Å². The number of carbonyl (C=O) groups excluding carboxylic acids is 1. The maximum Gasteiger partial charge on any atom is 0.354 e. The molecule has 2 atom stereocenters. The molecule has 1 aromatic heterocycles. The van der Waals surface area contributed by atoms with Crippen molar-refractivity contribution in [3.63, 3.8) is 0 Å². The number of rotatable bonds is 6. The summed E-state index contributed by atoms with van der Waals surface area (Å²) in [6.07, 6.45) is -3.29. The second kappa shape index (κ2) is 6.59. The molecule has 2 rings (SSSR count). The first-order valence-corrected chi connectivity index (χ1v) is 6.80. The van der Waals surface area contributed by atoms with E-state index in [1.54, 1.807) is 31.2 Å². The zero-order valence-corrected chi connectivity index (χ0v) is 11.9. The van der Waals surface area contributed by atoms with E-state index in [0.717, 1.165) is 5.39 Å². The first-order valence-electron chi connectivity index (χ1n) is 6.80. The predicted molar refractivity (Wildman–Crippen MR) is 77.5 cm³/mol. The molecular weight excluding hydrogens is 290 g/mol. The molecule has 0 aliphatic carbocycles. The van der Waals surface area contributed by atoms with Crippen molar-refractivity contribution in [3.8, 4) is 0 Å². The van der Waals surface area contributed by atoms with Gasteiger partial charge in [0.15, 0.2) is 0 Å². The third-order valence-electron chi connectivity index (χ3n) is 3.23. The lowest BCUT2D eigenvalue weighted by atomic mass is 10.0. The first kappa shape index (κ1) is 16.0. The number of esters is 1. The second-order valence-electron chi connectivity index (χ2n) is 4.86. The molecule has 1 heterocycles. The minimum atomic E-state index is -1.41. The van der Waals surface area contributed by atoms with Gasteiger partial charge in [-0.15, -0.1) is 0 Å². The lowest BCUT2D eigenvalue weighted by Crippen LogP contribution is -2.21. The number of ether oxygens (including phenoxy) is 1. The predicted octanol–water partition coefficient (Wildman–Crippen LogP) is 1.21. The van der Waals surface area contributed by atoms with Gasteiger partial charge in [0.25, 0.3) is 0 Å². The van der Waals surface area contributed by atoms with Crippen molar-refractivity contribution in [2.75, 3.05) is 6.61 Å². The SMILES string of the molecule is CCOC(=O)c1cc2ccc(C(O)C(O)CC(=O)O)cc2[nH]1. The maximum absolute atomic E-state index is 11.7. The number of aliphatic carboxylic acids is 1. The number of hydrogen-bond acceptors (Lipinski definition) is 5. The molecule has 1 aromatic carbocycles. The molecule has 0 radical (unpaired) electrons. The van der Waals surface area contributed by atoms with Crippen LogP contribution in [-0.4, -0.2) is 45.0 Å². The quantitative estimate of drug-likeness (QED) is 0.595. The van der Waals surface area contributed by atoms with E-state index in [9.17, 15) is 19.8 Å². The highest BCUT2D eigenvalue weighted by Crippen LogP contribution is 2.24. The summed E-state index contributed by atoms with van der Waals surface area (Å²) in [4.78, 5) is 25.1. The Bertz CT molecular complexity index is 692. The summed E-state index contributed by atoms with van der Waals surface area (Å²) in [5.74, 6) is -1.68. The van der Waals surface area contributed by atoms with E-state index < -0.39 is 30.6 Å². The number of hydrogen-bond donors (Lipinski definition) is 4. The van der Waals surface area contributed by atoms with Gasteiger partial charge < -0.3 is 25.0 Å². The average molecular weight is 307 g/mol. The Hall–Kier alpha value is -2.38. The lowest BCUT2D eigenvalue weighted by Gasteiger charge is -2.16. The number of carboxylic acid groups (broad SMARTS) is 1. The Kier molecular flexibility index (Phi) is 4.79. The lowest BCUT2D eigenvalue weighted by molar-refractivity contribution is -0.141. The van der Waals surface area contributed by atoms with Gasteiger partial charge in [0, 0.05) is 10.9 Å². The molecule has 0 saturated carbocycles. The van der Waals surface area contributed by atoms with Crippen LogP contribution < -0.4 is 0 Å². The fraction of sp³-hybridized carbons (Fsp3) is 0.333. The summed E-state index contributed by atoms with van der Waals surface area (Å²) in [7, 11) is 0. The summed E-state index contributed by atoms with van der Waals surface area (Å²) < 4.78 is 4.89. The second-order valence-corrected chi connectivity index (χ2v) is 4.86. The molecule has 0 bridgehead atoms. The van der Waals surface area contributed by atoms with E-state index in [1.807, 2.05) is 0 Å². The third kappa shape index (κ3) is 3.44. The Morgan fingerprint density at radius 2 is 2.00 bits per heavy atom. The maximum atomic E-state index is 11.7. The van der Waals surface area contributed by atoms with E-state index in [0.29, 0.717) is 11.1 Å². The van der Waals surface area contributed by atoms with Gasteiger partial charge in [-0.3, -0.25) is 4.79 Å². The van der Waals surface area contributed by atoms with Crippen LogP contribution in [-0.2, 0) is 9.53 Å². The van der Waals surface area contributed by atoms with E-state index in [-0.39, 0.29) is 12.3 Å². The van der Waals surface area contributed by atoms with Crippen molar-refractivity contribution >= 4 is 22.8 Å². The molecule has 0 saturated heterocycles. The molecule has 118 valence electrons. The molecular formula is C15H17NO6. The normalized spacial score (nSPS) is 13.8. The van der Waals surface area contributed by atoms with E-state index in [2.05, 4.69) is 4.98 Å². The minimum absolute atomic E-state index is 0.263. The highest BCUT2D eigenvalue weighted by Gasteiger charge is 2.22. The fourth-order valence-corrected chi connectivity index (χ4v) is 2.16. The molecule has 7 heteroatoms. The van der Waals surface area contributed by atoms with Crippen molar-refractivity contribution in [1.29, 1.82) is 0 Å². The largest absolute Gasteiger partial charge is 0.481 e. The fourth-order valence-electron chi connectivity index (χ4n) is 2.16. The van der Waals surface area contributed by atoms with Crippen molar-refractivity contribution in [2.24, 2.45) is 0 Å². The highest BCUT2D eigenvalue weighted by molar-refractivity contribution is 5.95. The number of H-pyrrole nitrogens is 1. The number of benzene rings is 1. The summed E-state index contributed by atoms with van der Waals surface area (Å²) >= 11 is 0. The van der Waals surface area contributed by atoms with E-state index in [4.69, 9.17) is 9.84 Å². The standard InChI is InChI=1S/C15H17NO6/c1-2-22-15(21)11-5-8-3-4-9(6-10(8)16-11)14(20)12(17)7-13(18)19/h3-6,12,14,16-17,20H,2,7H2,1H3,(H,18,19). The van der Waals surface area contributed by atoms with Crippen LogP contribution in [0.1, 0.15) is 35.5 Å².